The molecule has 1 aromatic carbocycles. The average molecular weight is 268 g/mol. The normalized spacial score (nSPS) is 15.0. The van der Waals surface area contributed by atoms with Crippen LogP contribution in [0.4, 0.5) is 10.5 Å². The minimum atomic E-state index is -0.297. The van der Waals surface area contributed by atoms with Crippen molar-refractivity contribution in [2.24, 2.45) is 0 Å². The Morgan fingerprint density at radius 3 is 3.00 bits per heavy atom. The molecule has 6 nitrogen and oxygen atoms in total. The van der Waals surface area contributed by atoms with Gasteiger partial charge in [-0.3, -0.25) is 10.00 Å². The van der Waals surface area contributed by atoms with Crippen molar-refractivity contribution < 1.29 is 9.53 Å². The van der Waals surface area contributed by atoms with E-state index in [1.54, 1.807) is 4.90 Å². The van der Waals surface area contributed by atoms with Crippen molar-refractivity contribution in [3.8, 4) is 11.4 Å². The number of amides is 1. The van der Waals surface area contributed by atoms with E-state index >= 15 is 0 Å². The van der Waals surface area contributed by atoms with Crippen molar-refractivity contribution in [2.45, 2.75) is 0 Å². The SMILES string of the molecule is O=C1OCCN1c1ccc2[nH]nc(-c3ccc[nH]3)c2c1. The summed E-state index contributed by atoms with van der Waals surface area (Å²) in [6, 6.07) is 9.67. The molecular formula is C14H12N4O2. The first-order chi connectivity index (χ1) is 9.83. The van der Waals surface area contributed by atoms with Crippen molar-refractivity contribution in [2.75, 3.05) is 18.1 Å². The van der Waals surface area contributed by atoms with Gasteiger partial charge in [-0.25, -0.2) is 4.79 Å². The van der Waals surface area contributed by atoms with Crippen LogP contribution in [0, 0.1) is 0 Å². The molecule has 2 N–H and O–H groups in total. The molecule has 0 spiro atoms. The van der Waals surface area contributed by atoms with Gasteiger partial charge in [0.2, 0.25) is 0 Å². The molecule has 0 unspecified atom stereocenters. The molecular weight excluding hydrogens is 256 g/mol. The van der Waals surface area contributed by atoms with Gasteiger partial charge in [-0.2, -0.15) is 5.10 Å². The zero-order valence-electron chi connectivity index (χ0n) is 10.6. The molecule has 0 bridgehead atoms. The van der Waals surface area contributed by atoms with Gasteiger partial charge in [0.05, 0.1) is 17.8 Å². The first kappa shape index (κ1) is 11.1. The van der Waals surface area contributed by atoms with E-state index < -0.39 is 0 Å². The van der Waals surface area contributed by atoms with Crippen LogP contribution in [-0.4, -0.2) is 34.4 Å². The predicted molar refractivity (Wildman–Crippen MR) is 74.6 cm³/mol. The lowest BCUT2D eigenvalue weighted by Crippen LogP contribution is -2.23. The minimum absolute atomic E-state index is 0.297. The topological polar surface area (TPSA) is 74.0 Å². The number of nitrogens with zero attached hydrogens (tertiary/aromatic N) is 2. The number of carbonyl (C=O) groups is 1. The van der Waals surface area contributed by atoms with E-state index in [1.807, 2.05) is 36.5 Å². The fourth-order valence-corrected chi connectivity index (χ4v) is 2.48. The van der Waals surface area contributed by atoms with Crippen LogP contribution in [-0.2, 0) is 4.74 Å². The predicted octanol–water partition coefficient (Wildman–Crippen LogP) is 2.51. The third-order valence-electron chi connectivity index (χ3n) is 3.47. The molecule has 1 fully saturated rings. The lowest BCUT2D eigenvalue weighted by molar-refractivity contribution is 0.181. The van der Waals surface area contributed by atoms with Gasteiger partial charge in [0, 0.05) is 17.3 Å². The molecule has 3 aromatic rings. The van der Waals surface area contributed by atoms with E-state index in [4.69, 9.17) is 4.74 Å². The fourth-order valence-electron chi connectivity index (χ4n) is 2.48. The fraction of sp³-hybridized carbons (Fsp3) is 0.143. The second-order valence-electron chi connectivity index (χ2n) is 4.65. The summed E-state index contributed by atoms with van der Waals surface area (Å²) in [5.41, 5.74) is 3.55. The van der Waals surface area contributed by atoms with Crippen LogP contribution >= 0.6 is 0 Å². The van der Waals surface area contributed by atoms with E-state index in [-0.39, 0.29) is 6.09 Å². The highest BCUT2D eigenvalue weighted by Gasteiger charge is 2.24. The van der Waals surface area contributed by atoms with Crippen molar-refractivity contribution in [1.82, 2.24) is 15.2 Å². The Morgan fingerprint density at radius 1 is 1.30 bits per heavy atom. The largest absolute Gasteiger partial charge is 0.447 e. The molecule has 6 heteroatoms. The Hall–Kier alpha value is -2.76. The highest BCUT2D eigenvalue weighted by molar-refractivity contribution is 5.97. The number of fused-ring (bicyclic) bond motifs is 1. The lowest BCUT2D eigenvalue weighted by Gasteiger charge is -2.12. The zero-order chi connectivity index (χ0) is 13.5. The van der Waals surface area contributed by atoms with Crippen LogP contribution in [0.3, 0.4) is 0 Å². The number of nitrogens with one attached hydrogen (secondary N) is 2. The summed E-state index contributed by atoms with van der Waals surface area (Å²) in [6.07, 6.45) is 1.56. The summed E-state index contributed by atoms with van der Waals surface area (Å²) < 4.78 is 4.97. The number of benzene rings is 1. The summed E-state index contributed by atoms with van der Waals surface area (Å²) in [5, 5.41) is 8.31. The van der Waals surface area contributed by atoms with Crippen molar-refractivity contribution in [3.05, 3.63) is 36.5 Å². The number of anilines is 1. The summed E-state index contributed by atoms with van der Waals surface area (Å²) in [4.78, 5) is 16.4. The Labute approximate surface area is 114 Å². The number of aromatic nitrogens is 3. The van der Waals surface area contributed by atoms with Crippen LogP contribution < -0.4 is 4.90 Å². The maximum absolute atomic E-state index is 11.6. The van der Waals surface area contributed by atoms with Crippen molar-refractivity contribution in [1.29, 1.82) is 0 Å². The van der Waals surface area contributed by atoms with E-state index in [0.717, 1.165) is 28.0 Å². The standard InChI is InChI=1S/C14H12N4O2/c19-14-18(6-7-20-14)9-3-4-11-10(8-9)13(17-16-11)12-2-1-5-15-12/h1-5,8,15H,6-7H2,(H,16,17). The molecule has 4 rings (SSSR count). The van der Waals surface area contributed by atoms with Crippen LogP contribution in [0.5, 0.6) is 0 Å². The molecule has 1 saturated heterocycles. The van der Waals surface area contributed by atoms with Crippen LogP contribution in [0.1, 0.15) is 0 Å². The van der Waals surface area contributed by atoms with Crippen molar-refractivity contribution >= 4 is 22.7 Å². The number of aromatic amines is 2. The highest BCUT2D eigenvalue weighted by atomic mass is 16.6. The quantitative estimate of drug-likeness (QED) is 0.750. The van der Waals surface area contributed by atoms with Gasteiger partial charge in [0.15, 0.2) is 0 Å². The summed E-state index contributed by atoms with van der Waals surface area (Å²) in [6.45, 7) is 1.02. The molecule has 1 amide bonds. The van der Waals surface area contributed by atoms with Gasteiger partial charge in [-0.05, 0) is 30.3 Å². The van der Waals surface area contributed by atoms with Crippen LogP contribution in [0.2, 0.25) is 0 Å². The Morgan fingerprint density at radius 2 is 2.25 bits per heavy atom. The molecule has 100 valence electrons. The molecule has 1 aliphatic rings. The lowest BCUT2D eigenvalue weighted by atomic mass is 10.1. The maximum Gasteiger partial charge on any atom is 0.414 e. The Balaban J connectivity index is 1.85. The first-order valence-electron chi connectivity index (χ1n) is 6.39. The highest BCUT2D eigenvalue weighted by Crippen LogP contribution is 2.29. The number of rotatable bonds is 2. The van der Waals surface area contributed by atoms with Crippen LogP contribution in [0.15, 0.2) is 36.5 Å². The van der Waals surface area contributed by atoms with E-state index in [9.17, 15) is 4.79 Å². The van der Waals surface area contributed by atoms with Crippen molar-refractivity contribution in [3.63, 3.8) is 0 Å². The molecule has 2 aromatic heterocycles. The second kappa shape index (κ2) is 4.12. The van der Waals surface area contributed by atoms with Gasteiger partial charge < -0.3 is 9.72 Å². The average Bonchev–Trinajstić information content (AvgIpc) is 3.17. The number of ether oxygens (including phenoxy) is 1. The molecule has 1 aliphatic heterocycles. The number of carbonyl (C=O) groups excluding carboxylic acids is 1. The number of hydrogen-bond donors (Lipinski definition) is 2. The molecule has 3 heterocycles. The van der Waals surface area contributed by atoms with Gasteiger partial charge in [0.25, 0.3) is 0 Å². The monoisotopic (exact) mass is 268 g/mol. The third-order valence-corrected chi connectivity index (χ3v) is 3.47. The number of hydrogen-bond acceptors (Lipinski definition) is 3. The summed E-state index contributed by atoms with van der Waals surface area (Å²) >= 11 is 0. The number of cyclic esters (lactones) is 1. The van der Waals surface area contributed by atoms with Gasteiger partial charge in [-0.1, -0.05) is 0 Å². The smallest absolute Gasteiger partial charge is 0.414 e. The molecule has 0 radical (unpaired) electrons. The van der Waals surface area contributed by atoms with E-state index in [0.29, 0.717) is 13.2 Å². The molecule has 0 atom stereocenters. The van der Waals surface area contributed by atoms with E-state index in [2.05, 4.69) is 15.2 Å². The summed E-state index contributed by atoms with van der Waals surface area (Å²) in [5.74, 6) is 0. The van der Waals surface area contributed by atoms with Crippen LogP contribution in [0.25, 0.3) is 22.3 Å². The van der Waals surface area contributed by atoms with Gasteiger partial charge in [-0.15, -0.1) is 0 Å². The second-order valence-corrected chi connectivity index (χ2v) is 4.65. The molecule has 0 aliphatic carbocycles. The van der Waals surface area contributed by atoms with E-state index in [1.165, 1.54) is 0 Å². The third kappa shape index (κ3) is 1.58. The van der Waals surface area contributed by atoms with Gasteiger partial charge in [0.1, 0.15) is 12.3 Å². The van der Waals surface area contributed by atoms with Gasteiger partial charge >= 0.3 is 6.09 Å². The minimum Gasteiger partial charge on any atom is -0.447 e. The number of H-pyrrole nitrogens is 2. The molecule has 20 heavy (non-hydrogen) atoms. The Bertz CT molecular complexity index is 776. The zero-order valence-corrected chi connectivity index (χ0v) is 10.6. The maximum atomic E-state index is 11.6. The Kier molecular flexibility index (Phi) is 2.29. The summed E-state index contributed by atoms with van der Waals surface area (Å²) in [7, 11) is 0. The first-order valence-corrected chi connectivity index (χ1v) is 6.39. The molecule has 0 saturated carbocycles.